The number of fused-ring (bicyclic) bond motifs is 3. The highest BCUT2D eigenvalue weighted by Crippen LogP contribution is 2.27. The van der Waals surface area contributed by atoms with Gasteiger partial charge in [-0.05, 0) is 25.1 Å². The zero-order valence-corrected chi connectivity index (χ0v) is 10.1. The third-order valence-corrected chi connectivity index (χ3v) is 3.17. The van der Waals surface area contributed by atoms with Crippen LogP contribution in [0, 0.1) is 6.92 Å². The number of hydrogen-bond acceptors (Lipinski definition) is 2. The first-order valence-electron chi connectivity index (χ1n) is 4.83. The Bertz CT molecular complexity index is 757. The van der Waals surface area contributed by atoms with Crippen LogP contribution in [0.2, 0.25) is 0 Å². The van der Waals surface area contributed by atoms with Crippen LogP contribution in [0.25, 0.3) is 21.8 Å². The van der Waals surface area contributed by atoms with Crippen molar-refractivity contribution in [3.05, 3.63) is 38.7 Å². The summed E-state index contributed by atoms with van der Waals surface area (Å²) >= 11 is 3.43. The summed E-state index contributed by atoms with van der Waals surface area (Å²) in [6.07, 6.45) is 0. The fourth-order valence-electron chi connectivity index (χ4n) is 1.96. The number of aryl methyl sites for hydroxylation is 1. The van der Waals surface area contributed by atoms with Gasteiger partial charge in [0, 0.05) is 20.8 Å². The molecule has 0 fully saturated rings. The molecular formula is C11H8BrN3O. The quantitative estimate of drug-likeness (QED) is 0.663. The van der Waals surface area contributed by atoms with E-state index in [1.165, 1.54) is 0 Å². The Morgan fingerprint density at radius 1 is 1.38 bits per heavy atom. The van der Waals surface area contributed by atoms with E-state index >= 15 is 0 Å². The van der Waals surface area contributed by atoms with E-state index in [0.717, 1.165) is 26.5 Å². The molecule has 0 aliphatic carbocycles. The van der Waals surface area contributed by atoms with Crippen LogP contribution in [0.15, 0.2) is 27.5 Å². The number of aromatic nitrogens is 3. The number of H-pyrrole nitrogens is 2. The molecule has 0 bridgehead atoms. The van der Waals surface area contributed by atoms with Gasteiger partial charge >= 0.3 is 0 Å². The van der Waals surface area contributed by atoms with Crippen molar-refractivity contribution in [2.45, 2.75) is 6.92 Å². The Morgan fingerprint density at radius 3 is 3.00 bits per heavy atom. The lowest BCUT2D eigenvalue weighted by atomic mass is 10.1. The molecule has 0 amide bonds. The van der Waals surface area contributed by atoms with Gasteiger partial charge in [-0.15, -0.1) is 0 Å². The molecule has 3 rings (SSSR count). The molecule has 0 atom stereocenters. The Kier molecular flexibility index (Phi) is 1.91. The van der Waals surface area contributed by atoms with Gasteiger partial charge in [-0.3, -0.25) is 4.79 Å². The first-order chi connectivity index (χ1) is 7.66. The average Bonchev–Trinajstić information content (AvgIpc) is 2.63. The molecule has 0 spiro atoms. The van der Waals surface area contributed by atoms with Crippen LogP contribution in [0.5, 0.6) is 0 Å². The normalized spacial score (nSPS) is 11.4. The molecule has 0 unspecified atom stereocenters. The van der Waals surface area contributed by atoms with Gasteiger partial charge in [-0.1, -0.05) is 15.9 Å². The number of rotatable bonds is 0. The van der Waals surface area contributed by atoms with E-state index in [-0.39, 0.29) is 5.56 Å². The van der Waals surface area contributed by atoms with Crippen LogP contribution >= 0.6 is 15.9 Å². The monoisotopic (exact) mass is 277 g/mol. The lowest BCUT2D eigenvalue weighted by Gasteiger charge is -1.95. The van der Waals surface area contributed by atoms with Crippen molar-refractivity contribution in [1.82, 2.24) is 15.2 Å². The fraction of sp³-hybridized carbons (Fsp3) is 0.0909. The molecule has 2 heterocycles. The second-order valence-corrected chi connectivity index (χ2v) is 4.62. The number of nitrogens with one attached hydrogen (secondary N) is 2. The van der Waals surface area contributed by atoms with Crippen molar-refractivity contribution in [2.24, 2.45) is 0 Å². The van der Waals surface area contributed by atoms with Crippen LogP contribution in [-0.4, -0.2) is 15.2 Å². The maximum atomic E-state index is 11.6. The van der Waals surface area contributed by atoms with Gasteiger partial charge in [0.25, 0.3) is 5.56 Å². The van der Waals surface area contributed by atoms with Crippen molar-refractivity contribution in [3.63, 3.8) is 0 Å². The lowest BCUT2D eigenvalue weighted by molar-refractivity contribution is 0.968. The van der Waals surface area contributed by atoms with E-state index in [2.05, 4.69) is 31.1 Å². The highest BCUT2D eigenvalue weighted by molar-refractivity contribution is 9.10. The smallest absolute Gasteiger partial charge is 0.288 e. The molecule has 2 N–H and O–H groups in total. The summed E-state index contributed by atoms with van der Waals surface area (Å²) < 4.78 is 0.987. The zero-order chi connectivity index (χ0) is 11.3. The first-order valence-corrected chi connectivity index (χ1v) is 5.62. The predicted octanol–water partition coefficient (Wildman–Crippen LogP) is 2.48. The molecule has 0 saturated carbocycles. The largest absolute Gasteiger partial charge is 0.350 e. The van der Waals surface area contributed by atoms with Crippen LogP contribution in [0.1, 0.15) is 5.69 Å². The Morgan fingerprint density at radius 2 is 2.19 bits per heavy atom. The highest BCUT2D eigenvalue weighted by Gasteiger charge is 2.10. The summed E-state index contributed by atoms with van der Waals surface area (Å²) in [6, 6.07) is 5.87. The predicted molar refractivity (Wildman–Crippen MR) is 66.7 cm³/mol. The van der Waals surface area contributed by atoms with E-state index in [4.69, 9.17) is 0 Å². The van der Waals surface area contributed by atoms with Gasteiger partial charge < -0.3 is 4.98 Å². The maximum absolute atomic E-state index is 11.6. The summed E-state index contributed by atoms with van der Waals surface area (Å²) in [5.74, 6) is 0. The highest BCUT2D eigenvalue weighted by atomic mass is 79.9. The SMILES string of the molecule is Cc1n[nH]c(=O)c2[nH]c3ccc(Br)cc3c12. The van der Waals surface area contributed by atoms with Gasteiger partial charge in [0.15, 0.2) is 0 Å². The number of aromatic amines is 2. The summed E-state index contributed by atoms with van der Waals surface area (Å²) in [5.41, 5.74) is 2.16. The van der Waals surface area contributed by atoms with Gasteiger partial charge in [0.2, 0.25) is 0 Å². The van der Waals surface area contributed by atoms with E-state index in [1.807, 2.05) is 25.1 Å². The van der Waals surface area contributed by atoms with E-state index in [1.54, 1.807) is 0 Å². The van der Waals surface area contributed by atoms with Crippen LogP contribution in [0.3, 0.4) is 0 Å². The minimum absolute atomic E-state index is 0.187. The molecule has 1 aromatic carbocycles. The Labute approximate surface area is 98.8 Å². The topological polar surface area (TPSA) is 61.5 Å². The summed E-state index contributed by atoms with van der Waals surface area (Å²) in [6.45, 7) is 1.88. The second kappa shape index (κ2) is 3.18. The molecule has 5 heteroatoms. The minimum atomic E-state index is -0.187. The van der Waals surface area contributed by atoms with Crippen molar-refractivity contribution in [3.8, 4) is 0 Å². The molecule has 2 aromatic heterocycles. The summed E-state index contributed by atoms with van der Waals surface area (Å²) in [5, 5.41) is 8.36. The Balaban J connectivity index is 2.67. The summed E-state index contributed by atoms with van der Waals surface area (Å²) in [4.78, 5) is 14.7. The average molecular weight is 278 g/mol. The molecule has 3 aromatic rings. The molecule has 80 valence electrons. The maximum Gasteiger partial charge on any atom is 0.288 e. The van der Waals surface area contributed by atoms with Gasteiger partial charge in [-0.25, -0.2) is 5.10 Å². The molecule has 0 saturated heterocycles. The molecular weight excluding hydrogens is 270 g/mol. The standard InChI is InChI=1S/C11H8BrN3O/c1-5-9-7-4-6(12)2-3-8(7)13-10(9)11(16)15-14-5/h2-4,13H,1H3,(H,15,16). The van der Waals surface area contributed by atoms with Gasteiger partial charge in [0.05, 0.1) is 5.69 Å². The molecule has 0 aliphatic rings. The third-order valence-electron chi connectivity index (χ3n) is 2.67. The van der Waals surface area contributed by atoms with E-state index in [9.17, 15) is 4.79 Å². The van der Waals surface area contributed by atoms with Crippen molar-refractivity contribution >= 4 is 37.7 Å². The third kappa shape index (κ3) is 1.21. The number of hydrogen-bond donors (Lipinski definition) is 2. The summed E-state index contributed by atoms with van der Waals surface area (Å²) in [7, 11) is 0. The number of benzene rings is 1. The van der Waals surface area contributed by atoms with E-state index in [0.29, 0.717) is 5.52 Å². The Hall–Kier alpha value is -1.62. The molecule has 0 aliphatic heterocycles. The number of nitrogens with zero attached hydrogens (tertiary/aromatic N) is 1. The number of halogens is 1. The molecule has 4 nitrogen and oxygen atoms in total. The van der Waals surface area contributed by atoms with Crippen molar-refractivity contribution in [1.29, 1.82) is 0 Å². The van der Waals surface area contributed by atoms with Crippen LogP contribution in [-0.2, 0) is 0 Å². The fourth-order valence-corrected chi connectivity index (χ4v) is 2.32. The van der Waals surface area contributed by atoms with Crippen LogP contribution in [0.4, 0.5) is 0 Å². The first kappa shape index (κ1) is 9.59. The van der Waals surface area contributed by atoms with Crippen LogP contribution < -0.4 is 5.56 Å². The second-order valence-electron chi connectivity index (χ2n) is 3.70. The van der Waals surface area contributed by atoms with Gasteiger partial charge in [0.1, 0.15) is 5.52 Å². The molecule has 0 radical (unpaired) electrons. The van der Waals surface area contributed by atoms with Crippen molar-refractivity contribution < 1.29 is 0 Å². The zero-order valence-electron chi connectivity index (χ0n) is 8.47. The van der Waals surface area contributed by atoms with E-state index < -0.39 is 0 Å². The lowest BCUT2D eigenvalue weighted by Crippen LogP contribution is -2.09. The van der Waals surface area contributed by atoms with Crippen molar-refractivity contribution in [2.75, 3.05) is 0 Å². The molecule has 16 heavy (non-hydrogen) atoms. The minimum Gasteiger partial charge on any atom is -0.350 e. The van der Waals surface area contributed by atoms with Gasteiger partial charge in [-0.2, -0.15) is 5.10 Å².